The summed E-state index contributed by atoms with van der Waals surface area (Å²) in [5.74, 6) is -3.16. The Bertz CT molecular complexity index is 1140. The van der Waals surface area contributed by atoms with Gasteiger partial charge in [0.2, 0.25) is 0 Å². The maximum absolute atomic E-state index is 14.7. The van der Waals surface area contributed by atoms with Crippen LogP contribution in [0.4, 0.5) is 8.78 Å². The number of nitrogens with zero attached hydrogens (tertiary/aromatic N) is 1. The Morgan fingerprint density at radius 1 is 0.867 bits per heavy atom. The highest BCUT2D eigenvalue weighted by molar-refractivity contribution is 6.46. The number of hydrogen-bond acceptors (Lipinski definition) is 3. The molecule has 1 fully saturated rings. The summed E-state index contributed by atoms with van der Waals surface area (Å²) in [6.45, 7) is -0.0462. The maximum Gasteiger partial charge on any atom is 0.295 e. The topological polar surface area (TPSA) is 57.6 Å². The first kappa shape index (κ1) is 19.5. The van der Waals surface area contributed by atoms with Crippen LogP contribution < -0.4 is 0 Å². The number of rotatable bonds is 4. The summed E-state index contributed by atoms with van der Waals surface area (Å²) in [6.07, 6.45) is 0. The standard InChI is InChI=1S/C24H17F2NO3/c25-17-12-10-15(11-13-17)14-27-21(18-8-4-5-9-19(18)26)20(23(29)24(27)30)22(28)16-6-2-1-3-7-16/h1-13,21,28H,14H2/b22-20-. The summed E-state index contributed by atoms with van der Waals surface area (Å²) < 4.78 is 28.0. The Morgan fingerprint density at radius 3 is 2.17 bits per heavy atom. The van der Waals surface area contributed by atoms with Crippen molar-refractivity contribution in [1.82, 2.24) is 4.90 Å². The van der Waals surface area contributed by atoms with Crippen LogP contribution >= 0.6 is 0 Å². The fourth-order valence-electron chi connectivity index (χ4n) is 3.60. The van der Waals surface area contributed by atoms with Gasteiger partial charge in [0.15, 0.2) is 0 Å². The summed E-state index contributed by atoms with van der Waals surface area (Å²) in [6, 6.07) is 18.5. The number of aliphatic hydroxyl groups is 1. The molecule has 4 nitrogen and oxygen atoms in total. The molecule has 0 radical (unpaired) electrons. The second-order valence-corrected chi connectivity index (χ2v) is 6.94. The van der Waals surface area contributed by atoms with Gasteiger partial charge in [0.05, 0.1) is 11.6 Å². The average Bonchev–Trinajstić information content (AvgIpc) is 3.00. The molecule has 1 atom stereocenters. The fraction of sp³-hybridized carbons (Fsp3) is 0.0833. The zero-order chi connectivity index (χ0) is 21.3. The second-order valence-electron chi connectivity index (χ2n) is 6.94. The minimum atomic E-state index is -1.11. The van der Waals surface area contributed by atoms with Crippen LogP contribution in [0.15, 0.2) is 84.4 Å². The SMILES string of the molecule is O=C1C(=O)N(Cc2ccc(F)cc2)C(c2ccccc2F)/C1=C(/O)c1ccccc1. The summed E-state index contributed by atoms with van der Waals surface area (Å²) in [4.78, 5) is 26.9. The van der Waals surface area contributed by atoms with Crippen molar-refractivity contribution in [1.29, 1.82) is 0 Å². The molecular weight excluding hydrogens is 388 g/mol. The number of likely N-dealkylation sites (tertiary alicyclic amines) is 1. The van der Waals surface area contributed by atoms with Gasteiger partial charge in [0, 0.05) is 17.7 Å². The summed E-state index contributed by atoms with van der Waals surface area (Å²) in [5, 5.41) is 10.9. The molecule has 1 aliphatic rings. The Balaban J connectivity index is 1.87. The van der Waals surface area contributed by atoms with E-state index in [1.807, 2.05) is 0 Å². The molecule has 3 aromatic carbocycles. The van der Waals surface area contributed by atoms with Crippen LogP contribution in [0.2, 0.25) is 0 Å². The number of aliphatic hydroxyl groups excluding tert-OH is 1. The number of carbonyl (C=O) groups is 2. The van der Waals surface area contributed by atoms with Crippen molar-refractivity contribution in [3.05, 3.63) is 113 Å². The minimum absolute atomic E-state index is 0.0462. The Hall–Kier alpha value is -3.80. The molecule has 1 heterocycles. The Morgan fingerprint density at radius 2 is 1.50 bits per heavy atom. The number of Topliss-reactive ketones (excluding diaryl/α,β-unsaturated/α-hetero) is 1. The molecular formula is C24H17F2NO3. The van der Waals surface area contributed by atoms with Crippen LogP contribution in [-0.2, 0) is 16.1 Å². The van der Waals surface area contributed by atoms with Gasteiger partial charge in [0.25, 0.3) is 11.7 Å². The van der Waals surface area contributed by atoms with Crippen molar-refractivity contribution < 1.29 is 23.5 Å². The lowest BCUT2D eigenvalue weighted by atomic mass is 9.95. The summed E-state index contributed by atoms with van der Waals surface area (Å²) >= 11 is 0. The zero-order valence-corrected chi connectivity index (χ0v) is 15.8. The van der Waals surface area contributed by atoms with E-state index in [0.29, 0.717) is 11.1 Å². The molecule has 0 aliphatic carbocycles. The van der Waals surface area contributed by atoms with E-state index in [1.54, 1.807) is 36.4 Å². The average molecular weight is 405 g/mol. The molecule has 3 aromatic rings. The molecule has 150 valence electrons. The predicted molar refractivity (Wildman–Crippen MR) is 107 cm³/mol. The van der Waals surface area contributed by atoms with E-state index in [1.165, 1.54) is 47.4 Å². The third-order valence-corrected chi connectivity index (χ3v) is 5.05. The maximum atomic E-state index is 14.7. The van der Waals surface area contributed by atoms with Gasteiger partial charge in [-0.2, -0.15) is 0 Å². The van der Waals surface area contributed by atoms with Crippen LogP contribution in [0.25, 0.3) is 5.76 Å². The highest BCUT2D eigenvalue weighted by atomic mass is 19.1. The van der Waals surface area contributed by atoms with E-state index in [2.05, 4.69) is 0 Å². The molecule has 0 saturated carbocycles. The Labute approximate surface area is 171 Å². The van der Waals surface area contributed by atoms with Gasteiger partial charge in [0.1, 0.15) is 17.4 Å². The minimum Gasteiger partial charge on any atom is -0.507 e. The third-order valence-electron chi connectivity index (χ3n) is 5.05. The van der Waals surface area contributed by atoms with Crippen LogP contribution in [0, 0.1) is 11.6 Å². The van der Waals surface area contributed by atoms with Gasteiger partial charge in [-0.1, -0.05) is 60.7 Å². The Kier molecular flexibility index (Phi) is 5.14. The van der Waals surface area contributed by atoms with Crippen molar-refractivity contribution in [2.45, 2.75) is 12.6 Å². The van der Waals surface area contributed by atoms with Gasteiger partial charge in [-0.05, 0) is 23.8 Å². The monoisotopic (exact) mass is 405 g/mol. The van der Waals surface area contributed by atoms with E-state index in [-0.39, 0.29) is 23.4 Å². The molecule has 30 heavy (non-hydrogen) atoms. The lowest BCUT2D eigenvalue weighted by Gasteiger charge is -2.25. The molecule has 0 bridgehead atoms. The van der Waals surface area contributed by atoms with Gasteiger partial charge >= 0.3 is 0 Å². The molecule has 1 N–H and O–H groups in total. The first-order valence-corrected chi connectivity index (χ1v) is 9.30. The number of halogens is 2. The third kappa shape index (κ3) is 3.48. The van der Waals surface area contributed by atoms with E-state index < -0.39 is 29.4 Å². The lowest BCUT2D eigenvalue weighted by Crippen LogP contribution is -2.29. The zero-order valence-electron chi connectivity index (χ0n) is 15.8. The molecule has 1 unspecified atom stereocenters. The highest BCUT2D eigenvalue weighted by Gasteiger charge is 2.46. The first-order valence-electron chi connectivity index (χ1n) is 9.30. The number of ketones is 1. The van der Waals surface area contributed by atoms with Gasteiger partial charge in [-0.15, -0.1) is 0 Å². The number of carbonyl (C=O) groups excluding carboxylic acids is 2. The predicted octanol–water partition coefficient (Wildman–Crippen LogP) is 4.59. The van der Waals surface area contributed by atoms with Crippen molar-refractivity contribution in [3.8, 4) is 0 Å². The number of hydrogen-bond donors (Lipinski definition) is 1. The number of benzene rings is 3. The van der Waals surface area contributed by atoms with E-state index in [4.69, 9.17) is 0 Å². The fourth-order valence-corrected chi connectivity index (χ4v) is 3.60. The molecule has 4 rings (SSSR count). The largest absolute Gasteiger partial charge is 0.507 e. The molecule has 6 heteroatoms. The molecule has 1 saturated heterocycles. The summed E-state index contributed by atoms with van der Waals surface area (Å²) in [5.41, 5.74) is 0.827. The quantitative estimate of drug-likeness (QED) is 0.393. The van der Waals surface area contributed by atoms with Gasteiger partial charge < -0.3 is 10.0 Å². The van der Waals surface area contributed by atoms with Gasteiger partial charge in [-0.3, -0.25) is 9.59 Å². The van der Waals surface area contributed by atoms with Crippen LogP contribution in [0.3, 0.4) is 0 Å². The van der Waals surface area contributed by atoms with E-state index >= 15 is 0 Å². The molecule has 0 spiro atoms. The van der Waals surface area contributed by atoms with Crippen LogP contribution in [0.5, 0.6) is 0 Å². The lowest BCUT2D eigenvalue weighted by molar-refractivity contribution is -0.140. The number of amides is 1. The second kappa shape index (κ2) is 7.91. The normalized spacial score (nSPS) is 18.1. The van der Waals surface area contributed by atoms with Crippen molar-refractivity contribution in [3.63, 3.8) is 0 Å². The van der Waals surface area contributed by atoms with Gasteiger partial charge in [-0.25, -0.2) is 8.78 Å². The van der Waals surface area contributed by atoms with Crippen molar-refractivity contribution >= 4 is 17.4 Å². The molecule has 0 aromatic heterocycles. The smallest absolute Gasteiger partial charge is 0.295 e. The summed E-state index contributed by atoms with van der Waals surface area (Å²) in [7, 11) is 0. The van der Waals surface area contributed by atoms with E-state index in [9.17, 15) is 23.5 Å². The highest BCUT2D eigenvalue weighted by Crippen LogP contribution is 2.41. The molecule has 1 aliphatic heterocycles. The first-order chi connectivity index (χ1) is 14.5. The van der Waals surface area contributed by atoms with Crippen LogP contribution in [0.1, 0.15) is 22.7 Å². The molecule has 1 amide bonds. The van der Waals surface area contributed by atoms with Crippen molar-refractivity contribution in [2.75, 3.05) is 0 Å². The van der Waals surface area contributed by atoms with E-state index in [0.717, 1.165) is 0 Å². The van der Waals surface area contributed by atoms with Crippen LogP contribution in [-0.4, -0.2) is 21.7 Å². The van der Waals surface area contributed by atoms with Crippen molar-refractivity contribution in [2.24, 2.45) is 0 Å².